The van der Waals surface area contributed by atoms with Gasteiger partial charge in [0.15, 0.2) is 12.7 Å². The van der Waals surface area contributed by atoms with Crippen molar-refractivity contribution in [2.45, 2.75) is 26.4 Å². The number of carbonyl (C=O) groups excluding carboxylic acids is 3. The number of ether oxygens (including phenoxy) is 3. The van der Waals surface area contributed by atoms with Gasteiger partial charge in [-0.15, -0.1) is 0 Å². The molecule has 0 fully saturated rings. The minimum Gasteiger partial charge on any atom is -0.479 e. The van der Waals surface area contributed by atoms with E-state index >= 15 is 0 Å². The van der Waals surface area contributed by atoms with Crippen LogP contribution in [0.5, 0.6) is 5.75 Å². The van der Waals surface area contributed by atoms with E-state index in [0.29, 0.717) is 29.2 Å². The highest BCUT2D eigenvalue weighted by Gasteiger charge is 2.18. The summed E-state index contributed by atoms with van der Waals surface area (Å²) >= 11 is 0. The number of rotatable bonds is 9. The zero-order valence-corrected chi connectivity index (χ0v) is 16.7. The lowest BCUT2D eigenvalue weighted by molar-refractivity contribution is -0.153. The van der Waals surface area contributed by atoms with Gasteiger partial charge in [-0.25, -0.2) is 9.59 Å². The Morgan fingerprint density at radius 1 is 1.03 bits per heavy atom. The Bertz CT molecular complexity index is 916. The van der Waals surface area contributed by atoms with E-state index < -0.39 is 30.6 Å². The van der Waals surface area contributed by atoms with Crippen LogP contribution >= 0.6 is 0 Å². The summed E-state index contributed by atoms with van der Waals surface area (Å²) in [6, 6.07) is 14.4. The molecule has 0 spiro atoms. The van der Waals surface area contributed by atoms with Gasteiger partial charge in [0.05, 0.1) is 23.8 Å². The fraction of sp³-hybridized carbons (Fsp3) is 0.273. The van der Waals surface area contributed by atoms with Gasteiger partial charge in [0.1, 0.15) is 5.75 Å². The second kappa shape index (κ2) is 11.2. The lowest BCUT2D eigenvalue weighted by Gasteiger charge is -2.14. The Kier molecular flexibility index (Phi) is 8.39. The standard InChI is InChI=1S/C22H22N2O6/c1-3-12-28-22(27)17-6-8-18(9-7-17)24-20(25)14-29-21(26)15(2)30-19-10-4-16(13-23)5-11-19/h4-11,15H,3,12,14H2,1-2H3,(H,24,25)/t15-/m1/s1. The molecule has 0 aromatic heterocycles. The third-order valence-corrected chi connectivity index (χ3v) is 3.82. The third kappa shape index (κ3) is 6.95. The molecule has 0 saturated carbocycles. The number of benzene rings is 2. The van der Waals surface area contributed by atoms with Crippen LogP contribution in [0.2, 0.25) is 0 Å². The lowest BCUT2D eigenvalue weighted by Crippen LogP contribution is -2.29. The lowest BCUT2D eigenvalue weighted by atomic mass is 10.2. The number of esters is 2. The second-order valence-electron chi connectivity index (χ2n) is 6.27. The van der Waals surface area contributed by atoms with Crippen LogP contribution in [-0.2, 0) is 19.1 Å². The van der Waals surface area contributed by atoms with Gasteiger partial charge >= 0.3 is 11.9 Å². The van der Waals surface area contributed by atoms with E-state index in [4.69, 9.17) is 19.5 Å². The Labute approximate surface area is 174 Å². The predicted octanol–water partition coefficient (Wildman–Crippen LogP) is 3.07. The van der Waals surface area contributed by atoms with Crippen molar-refractivity contribution in [3.8, 4) is 11.8 Å². The molecule has 0 radical (unpaired) electrons. The van der Waals surface area contributed by atoms with Crippen molar-refractivity contribution in [3.63, 3.8) is 0 Å². The van der Waals surface area contributed by atoms with Gasteiger partial charge in [-0.05, 0) is 61.9 Å². The molecule has 156 valence electrons. The van der Waals surface area contributed by atoms with Crippen molar-refractivity contribution in [2.75, 3.05) is 18.5 Å². The molecular weight excluding hydrogens is 388 g/mol. The number of nitrogens with one attached hydrogen (secondary N) is 1. The topological polar surface area (TPSA) is 115 Å². The first kappa shape index (κ1) is 22.4. The summed E-state index contributed by atoms with van der Waals surface area (Å²) in [6.45, 7) is 3.25. The van der Waals surface area contributed by atoms with Crippen molar-refractivity contribution in [1.82, 2.24) is 0 Å². The molecule has 1 amide bonds. The Balaban J connectivity index is 1.78. The van der Waals surface area contributed by atoms with Crippen molar-refractivity contribution in [1.29, 1.82) is 5.26 Å². The van der Waals surface area contributed by atoms with E-state index in [2.05, 4.69) is 5.32 Å². The average molecular weight is 410 g/mol. The number of amides is 1. The maximum Gasteiger partial charge on any atom is 0.347 e. The highest BCUT2D eigenvalue weighted by molar-refractivity contribution is 5.94. The highest BCUT2D eigenvalue weighted by Crippen LogP contribution is 2.14. The first-order chi connectivity index (χ1) is 14.4. The van der Waals surface area contributed by atoms with Crippen molar-refractivity contribution >= 4 is 23.5 Å². The van der Waals surface area contributed by atoms with E-state index in [1.807, 2.05) is 13.0 Å². The predicted molar refractivity (Wildman–Crippen MR) is 108 cm³/mol. The number of anilines is 1. The summed E-state index contributed by atoms with van der Waals surface area (Å²) in [5.41, 5.74) is 1.30. The van der Waals surface area contributed by atoms with Crippen molar-refractivity contribution < 1.29 is 28.6 Å². The van der Waals surface area contributed by atoms with Gasteiger partial charge in [-0.1, -0.05) is 6.92 Å². The highest BCUT2D eigenvalue weighted by atomic mass is 16.6. The Morgan fingerprint density at radius 2 is 1.70 bits per heavy atom. The zero-order chi connectivity index (χ0) is 21.9. The molecule has 1 atom stereocenters. The fourth-order valence-corrected chi connectivity index (χ4v) is 2.28. The first-order valence-corrected chi connectivity index (χ1v) is 9.33. The molecular formula is C22H22N2O6. The second-order valence-corrected chi connectivity index (χ2v) is 6.27. The molecule has 8 heteroatoms. The van der Waals surface area contributed by atoms with E-state index in [9.17, 15) is 14.4 Å². The normalized spacial score (nSPS) is 11.0. The summed E-state index contributed by atoms with van der Waals surface area (Å²) in [5.74, 6) is -1.26. The summed E-state index contributed by atoms with van der Waals surface area (Å²) in [4.78, 5) is 35.7. The molecule has 0 saturated heterocycles. The van der Waals surface area contributed by atoms with Crippen molar-refractivity contribution in [3.05, 3.63) is 59.7 Å². The molecule has 0 aliphatic heterocycles. The van der Waals surface area contributed by atoms with Gasteiger partial charge in [0.2, 0.25) is 0 Å². The van der Waals surface area contributed by atoms with E-state index in [1.165, 1.54) is 19.1 Å². The van der Waals surface area contributed by atoms with Crippen molar-refractivity contribution in [2.24, 2.45) is 0 Å². The Morgan fingerprint density at radius 3 is 2.30 bits per heavy atom. The molecule has 8 nitrogen and oxygen atoms in total. The van der Waals surface area contributed by atoms with Crippen LogP contribution in [0.1, 0.15) is 36.2 Å². The van der Waals surface area contributed by atoms with Crippen LogP contribution in [0, 0.1) is 11.3 Å². The summed E-state index contributed by atoms with van der Waals surface area (Å²) in [7, 11) is 0. The van der Waals surface area contributed by atoms with Crippen LogP contribution in [-0.4, -0.2) is 37.2 Å². The molecule has 2 rings (SSSR count). The maximum atomic E-state index is 12.0. The summed E-state index contributed by atoms with van der Waals surface area (Å²) in [6.07, 6.45) is -0.199. The quantitative estimate of drug-likeness (QED) is 0.632. The maximum absolute atomic E-state index is 12.0. The van der Waals surface area contributed by atoms with Crippen LogP contribution in [0.15, 0.2) is 48.5 Å². The number of nitriles is 1. The Hall–Kier alpha value is -3.86. The molecule has 0 bridgehead atoms. The van der Waals surface area contributed by atoms with Gasteiger partial charge in [0, 0.05) is 5.69 Å². The molecule has 2 aromatic carbocycles. The average Bonchev–Trinajstić information content (AvgIpc) is 2.76. The fourth-order valence-electron chi connectivity index (χ4n) is 2.28. The molecule has 2 aromatic rings. The zero-order valence-electron chi connectivity index (χ0n) is 16.7. The van der Waals surface area contributed by atoms with E-state index in [1.54, 1.807) is 36.4 Å². The number of hydrogen-bond donors (Lipinski definition) is 1. The first-order valence-electron chi connectivity index (χ1n) is 9.33. The molecule has 0 heterocycles. The van der Waals surface area contributed by atoms with Gasteiger partial charge in [-0.2, -0.15) is 5.26 Å². The SMILES string of the molecule is CCCOC(=O)c1ccc(NC(=O)COC(=O)[C@@H](C)Oc2ccc(C#N)cc2)cc1. The van der Waals surface area contributed by atoms with E-state index in [0.717, 1.165) is 6.42 Å². The van der Waals surface area contributed by atoms with Gasteiger partial charge in [0.25, 0.3) is 5.91 Å². The van der Waals surface area contributed by atoms with Crippen LogP contribution in [0.4, 0.5) is 5.69 Å². The summed E-state index contributed by atoms with van der Waals surface area (Å²) in [5, 5.41) is 11.3. The monoisotopic (exact) mass is 410 g/mol. The van der Waals surface area contributed by atoms with Gasteiger partial charge in [-0.3, -0.25) is 4.79 Å². The van der Waals surface area contributed by atoms with Gasteiger partial charge < -0.3 is 19.5 Å². The van der Waals surface area contributed by atoms with Crippen LogP contribution in [0.3, 0.4) is 0 Å². The van der Waals surface area contributed by atoms with Crippen LogP contribution < -0.4 is 10.1 Å². The molecule has 0 aliphatic carbocycles. The largest absolute Gasteiger partial charge is 0.479 e. The van der Waals surface area contributed by atoms with E-state index in [-0.39, 0.29) is 0 Å². The van der Waals surface area contributed by atoms with Crippen LogP contribution in [0.25, 0.3) is 0 Å². The number of hydrogen-bond acceptors (Lipinski definition) is 7. The minimum absolute atomic E-state index is 0.343. The number of nitrogens with zero attached hydrogens (tertiary/aromatic N) is 1. The smallest absolute Gasteiger partial charge is 0.347 e. The molecule has 30 heavy (non-hydrogen) atoms. The molecule has 1 N–H and O–H groups in total. The summed E-state index contributed by atoms with van der Waals surface area (Å²) < 4.78 is 15.4. The molecule has 0 aliphatic rings. The molecule has 0 unspecified atom stereocenters. The third-order valence-electron chi connectivity index (χ3n) is 3.82. The number of carbonyl (C=O) groups is 3. The minimum atomic E-state index is -0.931.